The molecule has 0 aliphatic rings. The number of thiocarbonyl (C=S) groups is 1. The van der Waals surface area contributed by atoms with Crippen LogP contribution in [-0.4, -0.2) is 17.4 Å². The molecule has 0 fully saturated rings. The third kappa shape index (κ3) is 3.91. The van der Waals surface area contributed by atoms with Crippen molar-refractivity contribution >= 4 is 23.1 Å². The third-order valence-electron chi connectivity index (χ3n) is 2.80. The quantitative estimate of drug-likeness (QED) is 0.595. The Balaban J connectivity index is 2.75. The monoisotopic (exact) mass is 264 g/mol. The molecule has 0 aliphatic heterocycles. The summed E-state index contributed by atoms with van der Waals surface area (Å²) in [7, 11) is 0. The van der Waals surface area contributed by atoms with Gasteiger partial charge in [0.15, 0.2) is 10.8 Å². The van der Waals surface area contributed by atoms with Gasteiger partial charge in [-0.15, -0.1) is 0 Å². The summed E-state index contributed by atoms with van der Waals surface area (Å²) in [5.41, 5.74) is 1.47. The minimum atomic E-state index is -0.409. The maximum Gasteiger partial charge on any atom is 0.165 e. The molecule has 0 saturated carbocycles. The van der Waals surface area contributed by atoms with Crippen molar-refractivity contribution in [3.8, 4) is 0 Å². The van der Waals surface area contributed by atoms with Crippen molar-refractivity contribution in [3.05, 3.63) is 35.4 Å². The van der Waals surface area contributed by atoms with E-state index in [0.717, 1.165) is 11.1 Å². The van der Waals surface area contributed by atoms with E-state index in [-0.39, 0.29) is 5.78 Å². The van der Waals surface area contributed by atoms with Crippen molar-refractivity contribution in [2.75, 3.05) is 6.61 Å². The van der Waals surface area contributed by atoms with Crippen LogP contribution in [0.5, 0.6) is 0 Å². The first-order valence-corrected chi connectivity index (χ1v) is 6.54. The van der Waals surface area contributed by atoms with Gasteiger partial charge in [0.25, 0.3) is 0 Å². The van der Waals surface area contributed by atoms with E-state index >= 15 is 0 Å². The van der Waals surface area contributed by atoms with Crippen molar-refractivity contribution in [2.24, 2.45) is 5.41 Å². The van der Waals surface area contributed by atoms with Gasteiger partial charge >= 0.3 is 0 Å². The predicted molar refractivity (Wildman–Crippen MR) is 78.1 cm³/mol. The molecule has 1 aromatic rings. The second kappa shape index (κ2) is 6.10. The lowest BCUT2D eigenvalue weighted by molar-refractivity contribution is 0.0947. The van der Waals surface area contributed by atoms with Crippen LogP contribution in [0.25, 0.3) is 0 Å². The highest BCUT2D eigenvalue weighted by Gasteiger charge is 2.28. The first kappa shape index (κ1) is 14.8. The van der Waals surface area contributed by atoms with Gasteiger partial charge in [-0.3, -0.25) is 4.79 Å². The van der Waals surface area contributed by atoms with Crippen LogP contribution in [0.1, 0.15) is 43.1 Å². The Morgan fingerprint density at radius 3 is 2.33 bits per heavy atom. The average Bonchev–Trinajstić information content (AvgIpc) is 2.29. The van der Waals surface area contributed by atoms with E-state index in [4.69, 9.17) is 17.0 Å². The molecule has 0 saturated heterocycles. The lowest BCUT2D eigenvalue weighted by Crippen LogP contribution is -2.28. The number of carbonyl (C=O) groups is 1. The van der Waals surface area contributed by atoms with E-state index in [2.05, 4.69) is 0 Å². The van der Waals surface area contributed by atoms with Crippen LogP contribution in [0, 0.1) is 12.3 Å². The second-order valence-electron chi connectivity index (χ2n) is 5.07. The number of hydrogen-bond donors (Lipinski definition) is 0. The highest BCUT2D eigenvalue weighted by molar-refractivity contribution is 7.80. The van der Waals surface area contributed by atoms with Crippen LogP contribution in [0.2, 0.25) is 0 Å². The fourth-order valence-electron chi connectivity index (χ4n) is 1.64. The number of ether oxygens (including phenoxy) is 1. The number of aryl methyl sites for hydroxylation is 1. The molecule has 0 N–H and O–H groups in total. The highest BCUT2D eigenvalue weighted by Crippen LogP contribution is 2.26. The van der Waals surface area contributed by atoms with Crippen molar-refractivity contribution in [3.63, 3.8) is 0 Å². The SMILES string of the molecule is CCOC(=S)C(C)(C)CC(=O)c1ccc(C)cc1. The average molecular weight is 264 g/mol. The maximum atomic E-state index is 12.2. The van der Waals surface area contributed by atoms with Gasteiger partial charge < -0.3 is 4.74 Å². The summed E-state index contributed by atoms with van der Waals surface area (Å²) in [6.45, 7) is 8.32. The first-order valence-electron chi connectivity index (χ1n) is 6.14. The Morgan fingerprint density at radius 1 is 1.28 bits per heavy atom. The van der Waals surface area contributed by atoms with Crippen LogP contribution < -0.4 is 0 Å². The summed E-state index contributed by atoms with van der Waals surface area (Å²) >= 11 is 5.20. The van der Waals surface area contributed by atoms with Gasteiger partial charge in [-0.1, -0.05) is 43.7 Å². The Kier molecular flexibility index (Phi) is 5.03. The predicted octanol–water partition coefficient (Wildman–Crippen LogP) is 3.96. The van der Waals surface area contributed by atoms with E-state index in [1.165, 1.54) is 0 Å². The van der Waals surface area contributed by atoms with Gasteiger partial charge in [-0.2, -0.15) is 0 Å². The number of carbonyl (C=O) groups excluding carboxylic acids is 1. The smallest absolute Gasteiger partial charge is 0.165 e. The molecule has 0 aromatic heterocycles. The minimum absolute atomic E-state index is 0.0991. The summed E-state index contributed by atoms with van der Waals surface area (Å²) in [6.07, 6.45) is 0.370. The van der Waals surface area contributed by atoms with Gasteiger partial charge in [-0.05, 0) is 26.1 Å². The van der Waals surface area contributed by atoms with Crippen molar-refractivity contribution in [1.82, 2.24) is 0 Å². The molecule has 0 unspecified atom stereocenters. The molecule has 0 amide bonds. The number of benzene rings is 1. The van der Waals surface area contributed by atoms with Crippen molar-refractivity contribution in [1.29, 1.82) is 0 Å². The summed E-state index contributed by atoms with van der Waals surface area (Å²) in [5.74, 6) is 0.0991. The molecule has 1 rings (SSSR count). The Hall–Kier alpha value is -1.22. The van der Waals surface area contributed by atoms with Crippen LogP contribution in [0.4, 0.5) is 0 Å². The van der Waals surface area contributed by atoms with E-state index < -0.39 is 5.41 Å². The summed E-state index contributed by atoms with van der Waals surface area (Å²) in [4.78, 5) is 12.2. The molecular formula is C15H20O2S. The van der Waals surface area contributed by atoms with Gasteiger partial charge in [0.1, 0.15) is 0 Å². The third-order valence-corrected chi connectivity index (χ3v) is 3.47. The number of rotatable bonds is 5. The van der Waals surface area contributed by atoms with Crippen LogP contribution in [-0.2, 0) is 4.74 Å². The van der Waals surface area contributed by atoms with Gasteiger partial charge in [0, 0.05) is 17.4 Å². The molecule has 0 aliphatic carbocycles. The van der Waals surface area contributed by atoms with Gasteiger partial charge in [0.2, 0.25) is 0 Å². The minimum Gasteiger partial charge on any atom is -0.487 e. The normalized spacial score (nSPS) is 11.1. The lowest BCUT2D eigenvalue weighted by Gasteiger charge is -2.24. The fourth-order valence-corrected chi connectivity index (χ4v) is 1.83. The molecule has 1 aromatic carbocycles. The molecule has 0 atom stereocenters. The zero-order valence-electron chi connectivity index (χ0n) is 11.4. The van der Waals surface area contributed by atoms with E-state index in [1.54, 1.807) is 0 Å². The number of ketones is 1. The van der Waals surface area contributed by atoms with E-state index in [0.29, 0.717) is 18.1 Å². The van der Waals surface area contributed by atoms with Crippen molar-refractivity contribution < 1.29 is 9.53 Å². The largest absolute Gasteiger partial charge is 0.487 e. The van der Waals surface area contributed by atoms with Crippen LogP contribution in [0.3, 0.4) is 0 Å². The number of Topliss-reactive ketones (excluding diaryl/α,β-unsaturated/α-hetero) is 1. The Bertz CT molecular complexity index is 432. The first-order chi connectivity index (χ1) is 8.36. The molecular weight excluding hydrogens is 244 g/mol. The molecule has 0 heterocycles. The van der Waals surface area contributed by atoms with Gasteiger partial charge in [0.05, 0.1) is 6.61 Å². The molecule has 98 valence electrons. The topological polar surface area (TPSA) is 26.3 Å². The maximum absolute atomic E-state index is 12.2. The van der Waals surface area contributed by atoms with E-state index in [1.807, 2.05) is 52.0 Å². The molecule has 18 heavy (non-hydrogen) atoms. The number of hydrogen-bond acceptors (Lipinski definition) is 3. The molecule has 3 heteroatoms. The second-order valence-corrected chi connectivity index (χ2v) is 5.44. The zero-order valence-corrected chi connectivity index (χ0v) is 12.3. The van der Waals surface area contributed by atoms with Crippen LogP contribution >= 0.6 is 12.2 Å². The van der Waals surface area contributed by atoms with Crippen molar-refractivity contribution in [2.45, 2.75) is 34.1 Å². The van der Waals surface area contributed by atoms with E-state index in [9.17, 15) is 4.79 Å². The zero-order chi connectivity index (χ0) is 13.8. The summed E-state index contributed by atoms with van der Waals surface area (Å²) in [5, 5.41) is 0.505. The molecule has 0 bridgehead atoms. The highest BCUT2D eigenvalue weighted by atomic mass is 32.1. The van der Waals surface area contributed by atoms with Gasteiger partial charge in [-0.25, -0.2) is 0 Å². The fraction of sp³-hybridized carbons (Fsp3) is 0.467. The molecule has 0 radical (unpaired) electrons. The van der Waals surface area contributed by atoms with Crippen LogP contribution in [0.15, 0.2) is 24.3 Å². The molecule has 0 spiro atoms. The Labute approximate surface area is 114 Å². The summed E-state index contributed by atoms with van der Waals surface area (Å²) < 4.78 is 5.34. The standard InChI is InChI=1S/C15H20O2S/c1-5-17-14(18)15(3,4)10-13(16)12-8-6-11(2)7-9-12/h6-9H,5,10H2,1-4H3. The molecule has 2 nitrogen and oxygen atoms in total. The Morgan fingerprint density at radius 2 is 1.83 bits per heavy atom. The summed E-state index contributed by atoms with van der Waals surface area (Å²) in [6, 6.07) is 7.61. The lowest BCUT2D eigenvalue weighted by atomic mass is 9.86.